The summed E-state index contributed by atoms with van der Waals surface area (Å²) in [6.45, 7) is 1.26. The second kappa shape index (κ2) is 6.44. The number of aromatic nitrogens is 4. The lowest BCUT2D eigenvalue weighted by Crippen LogP contribution is -2.38. The van der Waals surface area contributed by atoms with Gasteiger partial charge in [-0.05, 0) is 31.0 Å². The number of carbonyl (C=O) groups excluding carboxylic acids is 1. The van der Waals surface area contributed by atoms with Crippen molar-refractivity contribution in [2.24, 2.45) is 7.05 Å². The molecule has 3 heterocycles. The Morgan fingerprint density at radius 3 is 2.77 bits per heavy atom. The number of nitrogens with zero attached hydrogens (tertiary/aromatic N) is 4. The van der Waals surface area contributed by atoms with Crippen molar-refractivity contribution >= 4 is 16.8 Å². The van der Waals surface area contributed by atoms with Crippen molar-refractivity contribution in [1.29, 1.82) is 0 Å². The molecule has 1 aromatic carbocycles. The minimum Gasteiger partial charge on any atom is -0.496 e. The van der Waals surface area contributed by atoms with Gasteiger partial charge in [0.25, 0.3) is 5.91 Å². The highest BCUT2D eigenvalue weighted by molar-refractivity contribution is 5.99. The maximum Gasteiger partial charge on any atom is 0.270 e. The van der Waals surface area contributed by atoms with Gasteiger partial charge in [0, 0.05) is 31.4 Å². The van der Waals surface area contributed by atoms with E-state index in [4.69, 9.17) is 4.74 Å². The molecule has 1 N–H and O–H groups in total. The average Bonchev–Trinajstić information content (AvgIpc) is 3.29. The van der Waals surface area contributed by atoms with E-state index in [0.29, 0.717) is 41.4 Å². The molecule has 0 radical (unpaired) electrons. The van der Waals surface area contributed by atoms with Crippen molar-refractivity contribution in [1.82, 2.24) is 24.6 Å². The fourth-order valence-electron chi connectivity index (χ4n) is 3.63. The Bertz CT molecular complexity index is 956. The van der Waals surface area contributed by atoms with Gasteiger partial charge in [0.15, 0.2) is 0 Å². The summed E-state index contributed by atoms with van der Waals surface area (Å²) in [6, 6.07) is 4.55. The van der Waals surface area contributed by atoms with Crippen LogP contribution in [0.15, 0.2) is 24.5 Å². The third-order valence-corrected chi connectivity index (χ3v) is 5.05. The summed E-state index contributed by atoms with van der Waals surface area (Å²) < 4.78 is 21.2. The van der Waals surface area contributed by atoms with Gasteiger partial charge in [-0.1, -0.05) is 0 Å². The highest BCUT2D eigenvalue weighted by Gasteiger charge is 2.28. The van der Waals surface area contributed by atoms with Gasteiger partial charge < -0.3 is 19.2 Å². The summed E-state index contributed by atoms with van der Waals surface area (Å²) in [5, 5.41) is 8.67. The molecule has 3 aromatic rings. The molecule has 0 aliphatic carbocycles. The van der Waals surface area contributed by atoms with Gasteiger partial charge in [0.05, 0.1) is 12.6 Å². The molecule has 1 fully saturated rings. The standard InChI is InChI=1S/C18H20FN5O2/c1-23-10-20-22-17(23)11-5-7-24(8-6-11)18(25)14-9-12-15(26-2)4-3-13(19)16(12)21-14/h3-4,9-11,21H,5-8H2,1-2H3. The second-order valence-corrected chi connectivity index (χ2v) is 6.59. The van der Waals surface area contributed by atoms with Crippen LogP contribution in [0.4, 0.5) is 4.39 Å². The highest BCUT2D eigenvalue weighted by Crippen LogP contribution is 2.30. The topological polar surface area (TPSA) is 76.0 Å². The molecule has 0 spiro atoms. The maximum atomic E-state index is 14.0. The van der Waals surface area contributed by atoms with Crippen molar-refractivity contribution in [3.63, 3.8) is 0 Å². The number of fused-ring (bicyclic) bond motifs is 1. The Balaban J connectivity index is 1.53. The van der Waals surface area contributed by atoms with Crippen LogP contribution in [0.2, 0.25) is 0 Å². The number of methoxy groups -OCH3 is 1. The third kappa shape index (κ3) is 2.71. The number of aryl methyl sites for hydroxylation is 1. The van der Waals surface area contributed by atoms with E-state index in [1.54, 1.807) is 23.4 Å². The van der Waals surface area contributed by atoms with Crippen LogP contribution in [0.3, 0.4) is 0 Å². The molecule has 1 aliphatic heterocycles. The number of hydrogen-bond acceptors (Lipinski definition) is 4. The summed E-state index contributed by atoms with van der Waals surface area (Å²) in [6.07, 6.45) is 3.35. The first kappa shape index (κ1) is 16.6. The Hall–Kier alpha value is -2.90. The largest absolute Gasteiger partial charge is 0.496 e. The molecule has 0 bridgehead atoms. The number of carbonyl (C=O) groups is 1. The molecule has 136 valence electrons. The van der Waals surface area contributed by atoms with E-state index in [9.17, 15) is 9.18 Å². The van der Waals surface area contributed by atoms with E-state index in [2.05, 4.69) is 15.2 Å². The number of H-pyrrole nitrogens is 1. The number of likely N-dealkylation sites (tertiary alicyclic amines) is 1. The zero-order valence-electron chi connectivity index (χ0n) is 14.7. The highest BCUT2D eigenvalue weighted by atomic mass is 19.1. The van der Waals surface area contributed by atoms with Gasteiger partial charge in [-0.3, -0.25) is 4.79 Å². The molecule has 26 heavy (non-hydrogen) atoms. The number of amides is 1. The van der Waals surface area contributed by atoms with Gasteiger partial charge in [0.1, 0.15) is 29.4 Å². The Labute approximate surface area is 149 Å². The van der Waals surface area contributed by atoms with Crippen LogP contribution in [-0.2, 0) is 7.05 Å². The molecule has 7 nitrogen and oxygen atoms in total. The Morgan fingerprint density at radius 2 is 2.12 bits per heavy atom. The van der Waals surface area contributed by atoms with Crippen LogP contribution in [0.5, 0.6) is 5.75 Å². The lowest BCUT2D eigenvalue weighted by molar-refractivity contribution is 0.0705. The second-order valence-electron chi connectivity index (χ2n) is 6.59. The maximum absolute atomic E-state index is 14.0. The van der Waals surface area contributed by atoms with E-state index in [1.165, 1.54) is 13.2 Å². The van der Waals surface area contributed by atoms with Gasteiger partial charge in [-0.25, -0.2) is 4.39 Å². The molecule has 2 aromatic heterocycles. The summed E-state index contributed by atoms with van der Waals surface area (Å²) >= 11 is 0. The average molecular weight is 357 g/mol. The van der Waals surface area contributed by atoms with E-state index in [-0.39, 0.29) is 5.91 Å². The van der Waals surface area contributed by atoms with Crippen molar-refractivity contribution < 1.29 is 13.9 Å². The molecular weight excluding hydrogens is 337 g/mol. The first-order valence-corrected chi connectivity index (χ1v) is 8.57. The first-order chi connectivity index (χ1) is 12.6. The van der Waals surface area contributed by atoms with Gasteiger partial charge in [-0.15, -0.1) is 10.2 Å². The first-order valence-electron chi connectivity index (χ1n) is 8.57. The number of nitrogens with one attached hydrogen (secondary N) is 1. The fraction of sp³-hybridized carbons (Fsp3) is 0.389. The summed E-state index contributed by atoms with van der Waals surface area (Å²) in [5.74, 6) is 1.26. The third-order valence-electron chi connectivity index (χ3n) is 5.05. The van der Waals surface area contributed by atoms with Crippen molar-refractivity contribution in [3.8, 4) is 5.75 Å². The molecule has 1 amide bonds. The number of piperidine rings is 1. The summed E-state index contributed by atoms with van der Waals surface area (Å²) in [4.78, 5) is 17.5. The Morgan fingerprint density at radius 1 is 1.35 bits per heavy atom. The van der Waals surface area contributed by atoms with Crippen LogP contribution in [0.1, 0.15) is 35.1 Å². The van der Waals surface area contributed by atoms with Crippen LogP contribution in [0, 0.1) is 5.82 Å². The molecular formula is C18H20FN5O2. The smallest absolute Gasteiger partial charge is 0.270 e. The number of halogens is 1. The number of hydrogen-bond donors (Lipinski definition) is 1. The Kier molecular flexibility index (Phi) is 4.10. The molecule has 8 heteroatoms. The van der Waals surface area contributed by atoms with Gasteiger partial charge in [-0.2, -0.15) is 0 Å². The zero-order chi connectivity index (χ0) is 18.3. The SMILES string of the molecule is COc1ccc(F)c2[nH]c(C(=O)N3CCC(c4nncn4C)CC3)cc12. The molecule has 0 atom stereocenters. The molecule has 4 rings (SSSR count). The monoisotopic (exact) mass is 357 g/mol. The fourth-order valence-corrected chi connectivity index (χ4v) is 3.63. The van der Waals surface area contributed by atoms with Crippen molar-refractivity contribution in [2.45, 2.75) is 18.8 Å². The van der Waals surface area contributed by atoms with E-state index >= 15 is 0 Å². The van der Waals surface area contributed by atoms with Crippen LogP contribution in [0.25, 0.3) is 10.9 Å². The molecule has 1 saturated heterocycles. The predicted molar refractivity (Wildman–Crippen MR) is 93.7 cm³/mol. The summed E-state index contributed by atoms with van der Waals surface area (Å²) in [7, 11) is 3.46. The van der Waals surface area contributed by atoms with Gasteiger partial charge >= 0.3 is 0 Å². The van der Waals surface area contributed by atoms with Crippen molar-refractivity contribution in [3.05, 3.63) is 41.9 Å². The van der Waals surface area contributed by atoms with Crippen LogP contribution >= 0.6 is 0 Å². The van der Waals surface area contributed by atoms with Gasteiger partial charge in [0.2, 0.25) is 0 Å². The van der Waals surface area contributed by atoms with E-state index < -0.39 is 5.82 Å². The van der Waals surface area contributed by atoms with E-state index in [0.717, 1.165) is 18.7 Å². The lowest BCUT2D eigenvalue weighted by atomic mass is 9.96. The minimum atomic E-state index is -0.402. The summed E-state index contributed by atoms with van der Waals surface area (Å²) in [5.41, 5.74) is 0.669. The lowest BCUT2D eigenvalue weighted by Gasteiger charge is -2.31. The zero-order valence-corrected chi connectivity index (χ0v) is 14.7. The minimum absolute atomic E-state index is 0.126. The molecule has 1 aliphatic rings. The quantitative estimate of drug-likeness (QED) is 0.781. The normalized spacial score (nSPS) is 15.6. The molecule has 0 unspecified atom stereocenters. The van der Waals surface area contributed by atoms with Crippen molar-refractivity contribution in [2.75, 3.05) is 20.2 Å². The molecule has 0 saturated carbocycles. The number of ether oxygens (including phenoxy) is 1. The van der Waals surface area contributed by atoms with E-state index in [1.807, 2.05) is 11.6 Å². The number of aromatic amines is 1. The number of rotatable bonds is 3. The van der Waals surface area contributed by atoms with Crippen LogP contribution in [-0.4, -0.2) is 50.8 Å². The van der Waals surface area contributed by atoms with Crippen LogP contribution < -0.4 is 4.74 Å². The number of benzene rings is 1. The predicted octanol–water partition coefficient (Wildman–Crippen LogP) is 2.46.